The Morgan fingerprint density at radius 2 is 2.10 bits per heavy atom. The van der Waals surface area contributed by atoms with Crippen molar-refractivity contribution in [3.8, 4) is 0 Å². The van der Waals surface area contributed by atoms with Crippen LogP contribution in [0.4, 0.5) is 0 Å². The maximum absolute atomic E-state index is 11.2. The Morgan fingerprint density at radius 3 is 2.71 bits per heavy atom. The molecule has 0 bridgehead atoms. The number of carbonyl (C=O) groups excluding carboxylic acids is 1. The number of nitrogens with two attached hydrogens (primary N) is 1. The quantitative estimate of drug-likeness (QED) is 0.647. The smallest absolute Gasteiger partial charge is 0.231 e. The molecule has 2 aliphatic rings. The number of rotatable bonds is 7. The number of nitrogens with one attached hydrogen (secondary N) is 1. The molecule has 3 atom stereocenters. The summed E-state index contributed by atoms with van der Waals surface area (Å²) in [6.45, 7) is 5.03. The van der Waals surface area contributed by atoms with E-state index < -0.39 is 0 Å². The molecule has 1 amide bonds. The van der Waals surface area contributed by atoms with E-state index in [1.165, 1.54) is 25.7 Å². The van der Waals surface area contributed by atoms with Gasteiger partial charge in [-0.25, -0.2) is 0 Å². The van der Waals surface area contributed by atoms with Gasteiger partial charge in [-0.2, -0.15) is 0 Å². The van der Waals surface area contributed by atoms with Gasteiger partial charge in [0.25, 0.3) is 0 Å². The number of primary amides is 1. The average Bonchev–Trinajstić information content (AvgIpc) is 2.96. The van der Waals surface area contributed by atoms with Gasteiger partial charge in [-0.05, 0) is 44.1 Å². The maximum atomic E-state index is 11.2. The van der Waals surface area contributed by atoms with Gasteiger partial charge in [0.1, 0.15) is 0 Å². The zero-order valence-corrected chi connectivity index (χ0v) is 13.3. The number of hydrogen-bond acceptors (Lipinski definition) is 4. The molecule has 21 heavy (non-hydrogen) atoms. The molecular formula is C16H31N3O2. The van der Waals surface area contributed by atoms with Gasteiger partial charge in [-0.3, -0.25) is 9.69 Å². The topological polar surface area (TPSA) is 78.6 Å². The Morgan fingerprint density at radius 1 is 1.38 bits per heavy atom. The van der Waals surface area contributed by atoms with Crippen molar-refractivity contribution < 1.29 is 9.90 Å². The highest BCUT2D eigenvalue weighted by Crippen LogP contribution is 2.25. The zero-order valence-electron chi connectivity index (χ0n) is 13.3. The van der Waals surface area contributed by atoms with E-state index in [1.807, 2.05) is 6.92 Å². The number of carbonyl (C=O) groups is 1. The average molecular weight is 297 g/mol. The fourth-order valence-electron chi connectivity index (χ4n) is 3.89. The minimum absolute atomic E-state index is 0.240. The van der Waals surface area contributed by atoms with Crippen LogP contribution >= 0.6 is 0 Å². The van der Waals surface area contributed by atoms with Crippen molar-refractivity contribution in [1.29, 1.82) is 0 Å². The molecule has 122 valence electrons. The molecule has 0 spiro atoms. The summed E-state index contributed by atoms with van der Waals surface area (Å²) in [5.74, 6) is 0.770. The fraction of sp³-hybridized carbons (Fsp3) is 0.938. The Kier molecular flexibility index (Phi) is 6.45. The molecule has 2 fully saturated rings. The molecule has 5 heteroatoms. The summed E-state index contributed by atoms with van der Waals surface area (Å²) >= 11 is 0. The van der Waals surface area contributed by atoms with Crippen molar-refractivity contribution in [3.63, 3.8) is 0 Å². The number of nitrogens with zero attached hydrogens (tertiary/aromatic N) is 1. The SMILES string of the molecule is CCC(O)C1CC(NCC2CCCC2)CN(CC(N)=O)C1. The lowest BCUT2D eigenvalue weighted by atomic mass is 9.88. The van der Waals surface area contributed by atoms with Gasteiger partial charge >= 0.3 is 0 Å². The van der Waals surface area contributed by atoms with Crippen molar-refractivity contribution in [2.24, 2.45) is 17.6 Å². The molecule has 0 aromatic rings. The van der Waals surface area contributed by atoms with Crippen LogP contribution in [-0.4, -0.2) is 54.2 Å². The van der Waals surface area contributed by atoms with Crippen LogP contribution in [0.3, 0.4) is 0 Å². The normalized spacial score (nSPS) is 29.6. The van der Waals surface area contributed by atoms with Crippen LogP contribution in [0.15, 0.2) is 0 Å². The summed E-state index contributed by atoms with van der Waals surface area (Å²) in [6, 6.07) is 0.366. The van der Waals surface area contributed by atoms with E-state index in [-0.39, 0.29) is 17.9 Å². The van der Waals surface area contributed by atoms with Crippen LogP contribution in [0.2, 0.25) is 0 Å². The van der Waals surface area contributed by atoms with E-state index in [0.29, 0.717) is 12.6 Å². The molecule has 0 radical (unpaired) electrons. The Bertz CT molecular complexity index is 331. The van der Waals surface area contributed by atoms with Crippen molar-refractivity contribution in [1.82, 2.24) is 10.2 Å². The summed E-state index contributed by atoms with van der Waals surface area (Å²) in [6.07, 6.45) is 6.89. The second-order valence-corrected chi connectivity index (χ2v) is 6.89. The third-order valence-corrected chi connectivity index (χ3v) is 5.07. The molecule has 2 rings (SSSR count). The van der Waals surface area contributed by atoms with Gasteiger partial charge in [0, 0.05) is 19.1 Å². The van der Waals surface area contributed by atoms with Crippen LogP contribution in [0.5, 0.6) is 0 Å². The number of aliphatic hydroxyl groups is 1. The molecule has 1 heterocycles. The fourth-order valence-corrected chi connectivity index (χ4v) is 3.89. The van der Waals surface area contributed by atoms with E-state index in [1.54, 1.807) is 0 Å². The lowest BCUT2D eigenvalue weighted by molar-refractivity contribution is -0.120. The van der Waals surface area contributed by atoms with Crippen molar-refractivity contribution in [3.05, 3.63) is 0 Å². The van der Waals surface area contributed by atoms with Gasteiger partial charge < -0.3 is 16.2 Å². The van der Waals surface area contributed by atoms with Crippen LogP contribution in [0.25, 0.3) is 0 Å². The zero-order chi connectivity index (χ0) is 15.2. The third kappa shape index (κ3) is 5.24. The van der Waals surface area contributed by atoms with Gasteiger partial charge in [0.15, 0.2) is 0 Å². The van der Waals surface area contributed by atoms with Gasteiger partial charge in [0.05, 0.1) is 12.6 Å². The lowest BCUT2D eigenvalue weighted by Gasteiger charge is -2.39. The number of amides is 1. The van der Waals surface area contributed by atoms with E-state index in [9.17, 15) is 9.90 Å². The van der Waals surface area contributed by atoms with Crippen LogP contribution in [-0.2, 0) is 4.79 Å². The molecule has 1 aliphatic carbocycles. The van der Waals surface area contributed by atoms with E-state index >= 15 is 0 Å². The molecular weight excluding hydrogens is 266 g/mol. The van der Waals surface area contributed by atoms with Crippen molar-refractivity contribution in [2.45, 2.75) is 57.6 Å². The summed E-state index contributed by atoms with van der Waals surface area (Å²) in [5.41, 5.74) is 5.33. The minimum Gasteiger partial charge on any atom is -0.393 e. The largest absolute Gasteiger partial charge is 0.393 e. The number of piperidine rings is 1. The van der Waals surface area contributed by atoms with Gasteiger partial charge in [0.2, 0.25) is 5.91 Å². The second kappa shape index (κ2) is 8.11. The Balaban J connectivity index is 1.86. The number of hydrogen-bond donors (Lipinski definition) is 3. The van der Waals surface area contributed by atoms with Crippen molar-refractivity contribution in [2.75, 3.05) is 26.2 Å². The standard InChI is InChI=1S/C16H31N3O2/c1-2-15(20)13-7-14(10-19(9-13)11-16(17)21)18-8-12-5-3-4-6-12/h12-15,18,20H,2-11H2,1H3,(H2,17,21). The van der Waals surface area contributed by atoms with E-state index in [2.05, 4.69) is 10.2 Å². The first-order valence-corrected chi connectivity index (χ1v) is 8.50. The summed E-state index contributed by atoms with van der Waals surface area (Å²) in [7, 11) is 0. The predicted octanol–water partition coefficient (Wildman–Crippen LogP) is 0.713. The molecule has 3 unspecified atom stereocenters. The summed E-state index contributed by atoms with van der Waals surface area (Å²) in [5, 5.41) is 13.8. The van der Waals surface area contributed by atoms with Crippen LogP contribution in [0, 0.1) is 11.8 Å². The predicted molar refractivity (Wildman–Crippen MR) is 83.8 cm³/mol. The summed E-state index contributed by atoms with van der Waals surface area (Å²) in [4.78, 5) is 13.3. The van der Waals surface area contributed by atoms with Crippen LogP contribution in [0.1, 0.15) is 45.4 Å². The first-order chi connectivity index (χ1) is 10.1. The van der Waals surface area contributed by atoms with E-state index in [0.717, 1.165) is 38.4 Å². The van der Waals surface area contributed by atoms with Crippen molar-refractivity contribution >= 4 is 5.91 Å². The maximum Gasteiger partial charge on any atom is 0.231 e. The van der Waals surface area contributed by atoms with Gasteiger partial charge in [-0.1, -0.05) is 19.8 Å². The first-order valence-electron chi connectivity index (χ1n) is 8.50. The molecule has 0 aromatic heterocycles. The molecule has 1 saturated heterocycles. The summed E-state index contributed by atoms with van der Waals surface area (Å²) < 4.78 is 0. The molecule has 0 aromatic carbocycles. The molecule has 5 nitrogen and oxygen atoms in total. The Hall–Kier alpha value is -0.650. The first kappa shape index (κ1) is 16.7. The highest BCUT2D eigenvalue weighted by molar-refractivity contribution is 5.75. The van der Waals surface area contributed by atoms with Crippen LogP contribution < -0.4 is 11.1 Å². The molecule has 1 saturated carbocycles. The monoisotopic (exact) mass is 297 g/mol. The second-order valence-electron chi connectivity index (χ2n) is 6.89. The minimum atomic E-state index is -0.281. The Labute approximate surface area is 128 Å². The third-order valence-electron chi connectivity index (χ3n) is 5.07. The number of likely N-dealkylation sites (tertiary alicyclic amines) is 1. The highest BCUT2D eigenvalue weighted by atomic mass is 16.3. The number of aliphatic hydroxyl groups excluding tert-OH is 1. The highest BCUT2D eigenvalue weighted by Gasteiger charge is 2.31. The molecule has 1 aliphatic heterocycles. The van der Waals surface area contributed by atoms with E-state index in [4.69, 9.17) is 5.73 Å². The van der Waals surface area contributed by atoms with Gasteiger partial charge in [-0.15, -0.1) is 0 Å². The molecule has 4 N–H and O–H groups in total. The lowest BCUT2D eigenvalue weighted by Crippen LogP contribution is -2.53.